The van der Waals surface area contributed by atoms with Gasteiger partial charge in [-0.05, 0) is 54.4 Å². The highest BCUT2D eigenvalue weighted by molar-refractivity contribution is 6.30. The van der Waals surface area contributed by atoms with E-state index in [1.165, 1.54) is 22.9 Å². The molecule has 1 amide bonds. The van der Waals surface area contributed by atoms with Gasteiger partial charge in [-0.1, -0.05) is 23.7 Å². The van der Waals surface area contributed by atoms with Crippen molar-refractivity contribution in [2.75, 3.05) is 6.54 Å². The highest BCUT2D eigenvalue weighted by atomic mass is 35.5. The van der Waals surface area contributed by atoms with Gasteiger partial charge in [-0.2, -0.15) is 5.10 Å². The molecule has 3 aromatic rings. The summed E-state index contributed by atoms with van der Waals surface area (Å²) in [6.45, 7) is 0.666. The van der Waals surface area contributed by atoms with Gasteiger partial charge in [-0.25, -0.2) is 9.07 Å². The zero-order valence-corrected chi connectivity index (χ0v) is 15.8. The first-order chi connectivity index (χ1) is 13.5. The normalized spacial score (nSPS) is 10.6. The smallest absolute Gasteiger partial charge is 0.266 e. The van der Waals surface area contributed by atoms with Crippen LogP contribution in [0.2, 0.25) is 5.02 Å². The summed E-state index contributed by atoms with van der Waals surface area (Å²) in [7, 11) is 0. The predicted octanol–water partition coefficient (Wildman–Crippen LogP) is 3.45. The minimum atomic E-state index is -0.340. The third kappa shape index (κ3) is 5.50. The molecule has 0 spiro atoms. The number of nitrogens with one attached hydrogen (secondary N) is 1. The molecule has 1 N–H and O–H groups in total. The Labute approximate surface area is 166 Å². The molecule has 0 unspecified atom stereocenters. The molecular weight excluding hydrogens is 381 g/mol. The van der Waals surface area contributed by atoms with Crippen molar-refractivity contribution >= 4 is 17.5 Å². The topological polar surface area (TPSA) is 64.0 Å². The maximum Gasteiger partial charge on any atom is 0.266 e. The number of benzene rings is 2. The van der Waals surface area contributed by atoms with Crippen LogP contribution in [-0.2, 0) is 17.8 Å². The van der Waals surface area contributed by atoms with Gasteiger partial charge < -0.3 is 5.32 Å². The van der Waals surface area contributed by atoms with Crippen LogP contribution >= 0.6 is 11.6 Å². The third-order valence-corrected chi connectivity index (χ3v) is 4.46. The number of rotatable bonds is 7. The zero-order valence-electron chi connectivity index (χ0n) is 15.1. The summed E-state index contributed by atoms with van der Waals surface area (Å²) in [5, 5.41) is 7.78. The first kappa shape index (κ1) is 19.8. The number of halogens is 2. The molecule has 5 nitrogen and oxygen atoms in total. The van der Waals surface area contributed by atoms with Crippen molar-refractivity contribution in [1.82, 2.24) is 15.1 Å². The summed E-state index contributed by atoms with van der Waals surface area (Å²) in [4.78, 5) is 24.0. The van der Waals surface area contributed by atoms with Crippen LogP contribution in [0.15, 0.2) is 65.5 Å². The standard InChI is InChI=1S/C21H19ClFN3O2/c22-17-5-1-15(2-6-17)11-13-24-20(27)12-14-26-21(28)10-9-19(25-26)16-3-7-18(23)8-4-16/h1-10H,11-14H2,(H,24,27). The van der Waals surface area contributed by atoms with Crippen LogP contribution in [0.4, 0.5) is 4.39 Å². The van der Waals surface area contributed by atoms with Crippen LogP contribution in [0.3, 0.4) is 0 Å². The molecule has 0 fully saturated rings. The monoisotopic (exact) mass is 399 g/mol. The summed E-state index contributed by atoms with van der Waals surface area (Å²) >= 11 is 5.85. The van der Waals surface area contributed by atoms with Gasteiger partial charge in [0.1, 0.15) is 5.82 Å². The van der Waals surface area contributed by atoms with Gasteiger partial charge >= 0.3 is 0 Å². The number of aromatic nitrogens is 2. The third-order valence-electron chi connectivity index (χ3n) is 4.21. The Morgan fingerprint density at radius 3 is 2.46 bits per heavy atom. The Kier molecular flexibility index (Phi) is 6.55. The van der Waals surface area contributed by atoms with E-state index in [0.29, 0.717) is 29.2 Å². The van der Waals surface area contributed by atoms with Crippen molar-refractivity contribution in [3.05, 3.63) is 87.4 Å². The summed E-state index contributed by atoms with van der Waals surface area (Å²) in [6.07, 6.45) is 0.835. The van der Waals surface area contributed by atoms with E-state index in [2.05, 4.69) is 10.4 Å². The molecule has 3 rings (SSSR count). The largest absolute Gasteiger partial charge is 0.356 e. The molecule has 0 radical (unpaired) electrons. The van der Waals surface area contributed by atoms with E-state index in [1.54, 1.807) is 18.2 Å². The summed E-state index contributed by atoms with van der Waals surface area (Å²) in [6, 6.07) is 16.3. The van der Waals surface area contributed by atoms with Gasteiger partial charge in [0.2, 0.25) is 5.91 Å². The van der Waals surface area contributed by atoms with Crippen molar-refractivity contribution in [3.8, 4) is 11.3 Å². The van der Waals surface area contributed by atoms with Crippen LogP contribution in [0.5, 0.6) is 0 Å². The Bertz CT molecular complexity index is 1000. The molecule has 0 atom stereocenters. The molecule has 1 heterocycles. The Balaban J connectivity index is 1.54. The van der Waals surface area contributed by atoms with Crippen LogP contribution in [-0.4, -0.2) is 22.2 Å². The second-order valence-electron chi connectivity index (χ2n) is 6.26. The molecule has 0 saturated heterocycles. The van der Waals surface area contributed by atoms with Crippen LogP contribution in [0.25, 0.3) is 11.3 Å². The van der Waals surface area contributed by atoms with E-state index in [1.807, 2.05) is 24.3 Å². The zero-order chi connectivity index (χ0) is 19.9. The minimum Gasteiger partial charge on any atom is -0.356 e. The first-order valence-corrected chi connectivity index (χ1v) is 9.24. The highest BCUT2D eigenvalue weighted by Gasteiger charge is 2.07. The molecular formula is C21H19ClFN3O2. The summed E-state index contributed by atoms with van der Waals surface area (Å²) < 4.78 is 14.3. The number of carbonyl (C=O) groups excluding carboxylic acids is 1. The summed E-state index contributed by atoms with van der Waals surface area (Å²) in [5.41, 5.74) is 2.03. The average Bonchev–Trinajstić information content (AvgIpc) is 2.69. The average molecular weight is 400 g/mol. The number of amides is 1. The molecule has 28 heavy (non-hydrogen) atoms. The Morgan fingerprint density at radius 2 is 1.75 bits per heavy atom. The van der Waals surface area contributed by atoms with Crippen molar-refractivity contribution in [2.45, 2.75) is 19.4 Å². The van der Waals surface area contributed by atoms with Gasteiger partial charge in [-0.15, -0.1) is 0 Å². The SMILES string of the molecule is O=C(CCn1nc(-c2ccc(F)cc2)ccc1=O)NCCc1ccc(Cl)cc1. The Morgan fingerprint density at radius 1 is 1.04 bits per heavy atom. The fourth-order valence-electron chi connectivity index (χ4n) is 2.68. The highest BCUT2D eigenvalue weighted by Crippen LogP contribution is 2.15. The molecule has 144 valence electrons. The molecule has 7 heteroatoms. The fraction of sp³-hybridized carbons (Fsp3) is 0.190. The fourth-order valence-corrected chi connectivity index (χ4v) is 2.80. The lowest BCUT2D eigenvalue weighted by Gasteiger charge is -2.08. The number of carbonyl (C=O) groups is 1. The van der Waals surface area contributed by atoms with Crippen molar-refractivity contribution in [1.29, 1.82) is 0 Å². The number of hydrogen-bond acceptors (Lipinski definition) is 3. The lowest BCUT2D eigenvalue weighted by molar-refractivity contribution is -0.121. The second kappa shape index (κ2) is 9.28. The number of aryl methyl sites for hydroxylation is 1. The van der Waals surface area contributed by atoms with E-state index in [9.17, 15) is 14.0 Å². The van der Waals surface area contributed by atoms with E-state index in [0.717, 1.165) is 5.56 Å². The molecule has 0 aliphatic heterocycles. The minimum absolute atomic E-state index is 0.139. The Hall–Kier alpha value is -2.99. The van der Waals surface area contributed by atoms with Crippen LogP contribution < -0.4 is 10.9 Å². The van der Waals surface area contributed by atoms with Gasteiger partial charge in [0.25, 0.3) is 5.56 Å². The molecule has 1 aromatic heterocycles. The van der Waals surface area contributed by atoms with Gasteiger partial charge in [0.05, 0.1) is 12.2 Å². The number of nitrogens with zero attached hydrogens (tertiary/aromatic N) is 2. The van der Waals surface area contributed by atoms with E-state index >= 15 is 0 Å². The molecule has 0 saturated carbocycles. The van der Waals surface area contributed by atoms with E-state index < -0.39 is 0 Å². The van der Waals surface area contributed by atoms with Crippen molar-refractivity contribution in [3.63, 3.8) is 0 Å². The lowest BCUT2D eigenvalue weighted by atomic mass is 10.1. The molecule has 0 aliphatic rings. The molecule has 2 aromatic carbocycles. The summed E-state index contributed by atoms with van der Waals surface area (Å²) in [5.74, 6) is -0.498. The van der Waals surface area contributed by atoms with Crippen LogP contribution in [0, 0.1) is 5.82 Å². The first-order valence-electron chi connectivity index (χ1n) is 8.86. The number of hydrogen-bond donors (Lipinski definition) is 1. The maximum absolute atomic E-state index is 13.1. The van der Waals surface area contributed by atoms with Crippen molar-refractivity contribution in [2.24, 2.45) is 0 Å². The lowest BCUT2D eigenvalue weighted by Crippen LogP contribution is -2.29. The van der Waals surface area contributed by atoms with E-state index in [-0.39, 0.29) is 30.2 Å². The quantitative estimate of drug-likeness (QED) is 0.661. The van der Waals surface area contributed by atoms with Gasteiger partial charge in [-0.3, -0.25) is 9.59 Å². The van der Waals surface area contributed by atoms with Gasteiger partial charge in [0.15, 0.2) is 0 Å². The second-order valence-corrected chi connectivity index (χ2v) is 6.70. The van der Waals surface area contributed by atoms with Gasteiger partial charge in [0, 0.05) is 29.6 Å². The molecule has 0 aliphatic carbocycles. The maximum atomic E-state index is 13.1. The van der Waals surface area contributed by atoms with E-state index in [4.69, 9.17) is 11.6 Å². The van der Waals surface area contributed by atoms with Crippen LogP contribution in [0.1, 0.15) is 12.0 Å². The van der Waals surface area contributed by atoms with Crippen molar-refractivity contribution < 1.29 is 9.18 Å². The predicted molar refractivity (Wildman–Crippen MR) is 107 cm³/mol. The molecule has 0 bridgehead atoms.